The monoisotopic (exact) mass is 293 g/mol. The predicted molar refractivity (Wildman–Crippen MR) is 89.3 cm³/mol. The molecule has 1 N–H and O–H groups in total. The average molecular weight is 293 g/mol. The van der Waals surface area contributed by atoms with Crippen molar-refractivity contribution in [1.82, 2.24) is 0 Å². The molecule has 2 heteroatoms. The van der Waals surface area contributed by atoms with Gasteiger partial charge >= 0.3 is 0 Å². The summed E-state index contributed by atoms with van der Waals surface area (Å²) in [7, 11) is 0. The van der Waals surface area contributed by atoms with Crippen LogP contribution in [0.2, 0.25) is 0 Å². The number of hydrogen-bond donors (Lipinski definition) is 1. The predicted octanol–water partition coefficient (Wildman–Crippen LogP) is 4.57. The van der Waals surface area contributed by atoms with Gasteiger partial charge in [0.25, 0.3) is 0 Å². The Morgan fingerprint density at radius 2 is 1.55 bits per heavy atom. The number of aliphatic hydroxyl groups is 1. The van der Waals surface area contributed by atoms with Crippen molar-refractivity contribution >= 4 is 0 Å². The van der Waals surface area contributed by atoms with Crippen LogP contribution in [0.5, 0.6) is 0 Å². The first kappa shape index (κ1) is 16.3. The van der Waals surface area contributed by atoms with Crippen molar-refractivity contribution in [3.05, 3.63) is 71.3 Å². The lowest BCUT2D eigenvalue weighted by Crippen LogP contribution is -2.24. The standard InChI is InChI=1S/C20H23NO/c1-2-3-4-6-9-17-12-14-19(15-13-17)20(22,16-21)18-10-7-5-8-11-18/h5,7-8,10-15,22H,2-4,6,9H2,1H3. The molecule has 0 radical (unpaired) electrons. The number of benzene rings is 2. The van der Waals surface area contributed by atoms with Gasteiger partial charge < -0.3 is 5.11 Å². The average Bonchev–Trinajstić information content (AvgIpc) is 2.59. The third kappa shape index (κ3) is 3.75. The van der Waals surface area contributed by atoms with E-state index < -0.39 is 5.60 Å². The number of aryl methyl sites for hydroxylation is 1. The van der Waals surface area contributed by atoms with E-state index in [2.05, 4.69) is 6.92 Å². The van der Waals surface area contributed by atoms with E-state index in [1.54, 1.807) is 12.1 Å². The molecule has 0 heterocycles. The summed E-state index contributed by atoms with van der Waals surface area (Å²) in [4.78, 5) is 0. The maximum atomic E-state index is 10.7. The van der Waals surface area contributed by atoms with Gasteiger partial charge in [0.2, 0.25) is 5.60 Å². The molecule has 0 saturated carbocycles. The second-order valence-electron chi connectivity index (χ2n) is 5.70. The molecule has 0 aromatic heterocycles. The molecule has 22 heavy (non-hydrogen) atoms. The molecule has 2 nitrogen and oxygen atoms in total. The van der Waals surface area contributed by atoms with Gasteiger partial charge in [-0.25, -0.2) is 0 Å². The normalized spacial score (nSPS) is 13.3. The highest BCUT2D eigenvalue weighted by Gasteiger charge is 2.31. The fourth-order valence-corrected chi connectivity index (χ4v) is 2.64. The molecule has 0 fully saturated rings. The molecule has 0 bridgehead atoms. The summed E-state index contributed by atoms with van der Waals surface area (Å²) in [6.07, 6.45) is 6.01. The van der Waals surface area contributed by atoms with Gasteiger partial charge in [0.1, 0.15) is 6.07 Å². The Labute approximate surface area is 133 Å². The van der Waals surface area contributed by atoms with Crippen LogP contribution in [0.4, 0.5) is 0 Å². The smallest absolute Gasteiger partial charge is 0.202 e. The van der Waals surface area contributed by atoms with Crippen molar-refractivity contribution in [1.29, 1.82) is 5.26 Å². The van der Waals surface area contributed by atoms with Crippen LogP contribution < -0.4 is 0 Å². The van der Waals surface area contributed by atoms with Gasteiger partial charge in [-0.05, 0) is 18.4 Å². The zero-order valence-corrected chi connectivity index (χ0v) is 13.1. The van der Waals surface area contributed by atoms with Gasteiger partial charge in [0, 0.05) is 11.1 Å². The number of nitrogens with zero attached hydrogens (tertiary/aromatic N) is 1. The second kappa shape index (κ2) is 7.77. The van der Waals surface area contributed by atoms with Gasteiger partial charge in [-0.2, -0.15) is 5.26 Å². The fraction of sp³-hybridized carbons (Fsp3) is 0.350. The summed E-state index contributed by atoms with van der Waals surface area (Å²) in [5.74, 6) is 0. The van der Waals surface area contributed by atoms with Gasteiger partial charge in [0.15, 0.2) is 0 Å². The van der Waals surface area contributed by atoms with E-state index in [0.29, 0.717) is 11.1 Å². The molecule has 114 valence electrons. The minimum atomic E-state index is -1.58. The molecule has 0 aliphatic rings. The van der Waals surface area contributed by atoms with Crippen molar-refractivity contribution in [2.75, 3.05) is 0 Å². The Hall–Kier alpha value is -2.11. The number of hydrogen-bond acceptors (Lipinski definition) is 2. The first-order valence-corrected chi connectivity index (χ1v) is 7.99. The maximum absolute atomic E-state index is 10.7. The lowest BCUT2D eigenvalue weighted by atomic mass is 9.87. The number of rotatable bonds is 7. The van der Waals surface area contributed by atoms with E-state index >= 15 is 0 Å². The molecule has 0 spiro atoms. The molecular weight excluding hydrogens is 270 g/mol. The van der Waals surface area contributed by atoms with Crippen molar-refractivity contribution in [3.8, 4) is 6.07 Å². The summed E-state index contributed by atoms with van der Waals surface area (Å²) in [6.45, 7) is 2.21. The molecule has 2 aromatic rings. The number of nitriles is 1. The van der Waals surface area contributed by atoms with Crippen LogP contribution in [0.15, 0.2) is 54.6 Å². The van der Waals surface area contributed by atoms with Crippen LogP contribution in [0.1, 0.15) is 49.3 Å². The molecule has 0 aliphatic carbocycles. The number of unbranched alkanes of at least 4 members (excludes halogenated alkanes) is 3. The minimum Gasteiger partial charge on any atom is -0.368 e. The zero-order valence-electron chi connectivity index (χ0n) is 13.1. The third-order valence-corrected chi connectivity index (χ3v) is 4.04. The molecule has 0 aliphatic heterocycles. The molecule has 2 rings (SSSR count). The van der Waals surface area contributed by atoms with Crippen molar-refractivity contribution in [2.24, 2.45) is 0 Å². The van der Waals surface area contributed by atoms with Crippen molar-refractivity contribution in [2.45, 2.75) is 44.6 Å². The van der Waals surface area contributed by atoms with Crippen LogP contribution in [-0.4, -0.2) is 5.11 Å². The molecular formula is C20H23NO. The molecule has 1 atom stereocenters. The summed E-state index contributed by atoms with van der Waals surface area (Å²) >= 11 is 0. The lowest BCUT2D eigenvalue weighted by Gasteiger charge is -2.21. The highest BCUT2D eigenvalue weighted by atomic mass is 16.3. The van der Waals surface area contributed by atoms with Crippen LogP contribution in [0, 0.1) is 11.3 Å². The quantitative estimate of drug-likeness (QED) is 0.600. The molecule has 1 unspecified atom stereocenters. The molecule has 0 amide bonds. The highest BCUT2D eigenvalue weighted by Crippen LogP contribution is 2.29. The SMILES string of the molecule is CCCCCCc1ccc(C(O)(C#N)c2ccccc2)cc1. The van der Waals surface area contributed by atoms with E-state index in [4.69, 9.17) is 0 Å². The summed E-state index contributed by atoms with van der Waals surface area (Å²) < 4.78 is 0. The van der Waals surface area contributed by atoms with E-state index in [-0.39, 0.29) is 0 Å². The first-order chi connectivity index (χ1) is 10.7. The Balaban J connectivity index is 2.13. The van der Waals surface area contributed by atoms with E-state index in [9.17, 15) is 10.4 Å². The topological polar surface area (TPSA) is 44.0 Å². The van der Waals surface area contributed by atoms with Crippen molar-refractivity contribution in [3.63, 3.8) is 0 Å². The maximum Gasteiger partial charge on any atom is 0.202 e. The van der Waals surface area contributed by atoms with E-state index in [1.165, 1.54) is 31.2 Å². The van der Waals surface area contributed by atoms with Crippen LogP contribution in [-0.2, 0) is 12.0 Å². The first-order valence-electron chi connectivity index (χ1n) is 7.99. The fourth-order valence-electron chi connectivity index (χ4n) is 2.64. The Bertz CT molecular complexity index is 612. The third-order valence-electron chi connectivity index (χ3n) is 4.04. The second-order valence-corrected chi connectivity index (χ2v) is 5.70. The largest absolute Gasteiger partial charge is 0.368 e. The van der Waals surface area contributed by atoms with Crippen LogP contribution >= 0.6 is 0 Å². The molecule has 2 aromatic carbocycles. The summed E-state index contributed by atoms with van der Waals surface area (Å²) in [5, 5.41) is 20.2. The highest BCUT2D eigenvalue weighted by molar-refractivity contribution is 5.42. The molecule has 0 saturated heterocycles. The van der Waals surface area contributed by atoms with Gasteiger partial charge in [0.05, 0.1) is 0 Å². The Morgan fingerprint density at radius 3 is 2.14 bits per heavy atom. The van der Waals surface area contributed by atoms with Crippen LogP contribution in [0.3, 0.4) is 0 Å². The van der Waals surface area contributed by atoms with Gasteiger partial charge in [-0.1, -0.05) is 80.8 Å². The zero-order chi connectivity index (χ0) is 15.8. The van der Waals surface area contributed by atoms with Crippen LogP contribution in [0.25, 0.3) is 0 Å². The van der Waals surface area contributed by atoms with E-state index in [0.717, 1.165) is 6.42 Å². The minimum absolute atomic E-state index is 0.605. The van der Waals surface area contributed by atoms with E-state index in [1.807, 2.05) is 48.5 Å². The Morgan fingerprint density at radius 1 is 0.909 bits per heavy atom. The Kier molecular flexibility index (Phi) is 5.75. The van der Waals surface area contributed by atoms with Crippen molar-refractivity contribution < 1.29 is 5.11 Å². The lowest BCUT2D eigenvalue weighted by molar-refractivity contribution is 0.142. The van der Waals surface area contributed by atoms with Gasteiger partial charge in [-0.3, -0.25) is 0 Å². The summed E-state index contributed by atoms with van der Waals surface area (Å²) in [5.41, 5.74) is 0.905. The summed E-state index contributed by atoms with van der Waals surface area (Å²) in [6, 6.07) is 18.9. The van der Waals surface area contributed by atoms with Gasteiger partial charge in [-0.15, -0.1) is 0 Å².